The van der Waals surface area contributed by atoms with Crippen LogP contribution in [0.1, 0.15) is 5.56 Å². The Balaban J connectivity index is 2.12. The van der Waals surface area contributed by atoms with Crippen molar-refractivity contribution >= 4 is 23.4 Å². The SMILES string of the molecule is COc1ccc(CNc2cc(Cl)nc(N)n2)cc1OC(F)F. The number of benzene rings is 1. The highest BCUT2D eigenvalue weighted by Gasteiger charge is 2.11. The van der Waals surface area contributed by atoms with Crippen LogP contribution in [-0.4, -0.2) is 23.7 Å². The number of nitrogen functional groups attached to an aromatic ring is 1. The van der Waals surface area contributed by atoms with Crippen LogP contribution in [0.3, 0.4) is 0 Å². The van der Waals surface area contributed by atoms with Crippen LogP contribution in [0.15, 0.2) is 24.3 Å². The number of aromatic nitrogens is 2. The van der Waals surface area contributed by atoms with Gasteiger partial charge in [0.25, 0.3) is 0 Å². The van der Waals surface area contributed by atoms with E-state index >= 15 is 0 Å². The van der Waals surface area contributed by atoms with E-state index in [1.165, 1.54) is 25.3 Å². The van der Waals surface area contributed by atoms with Crippen molar-refractivity contribution in [1.82, 2.24) is 9.97 Å². The van der Waals surface area contributed by atoms with Gasteiger partial charge in [0.2, 0.25) is 5.95 Å². The maximum absolute atomic E-state index is 12.4. The number of hydrogen-bond acceptors (Lipinski definition) is 6. The van der Waals surface area contributed by atoms with Gasteiger partial charge in [-0.25, -0.2) is 4.98 Å². The molecule has 0 aliphatic heterocycles. The number of ether oxygens (including phenoxy) is 2. The van der Waals surface area contributed by atoms with Gasteiger partial charge in [0.05, 0.1) is 7.11 Å². The molecule has 0 aliphatic carbocycles. The van der Waals surface area contributed by atoms with Crippen molar-refractivity contribution in [3.63, 3.8) is 0 Å². The third kappa shape index (κ3) is 4.32. The number of methoxy groups -OCH3 is 1. The largest absolute Gasteiger partial charge is 0.493 e. The molecule has 3 N–H and O–H groups in total. The van der Waals surface area contributed by atoms with Crippen LogP contribution < -0.4 is 20.5 Å². The van der Waals surface area contributed by atoms with E-state index in [2.05, 4.69) is 20.0 Å². The molecule has 0 fully saturated rings. The Morgan fingerprint density at radius 1 is 1.27 bits per heavy atom. The predicted octanol–water partition coefficient (Wildman–Crippen LogP) is 2.93. The lowest BCUT2D eigenvalue weighted by Crippen LogP contribution is -2.06. The lowest BCUT2D eigenvalue weighted by atomic mass is 10.2. The van der Waals surface area contributed by atoms with Crippen LogP contribution in [0.4, 0.5) is 20.5 Å². The highest BCUT2D eigenvalue weighted by molar-refractivity contribution is 6.29. The first-order chi connectivity index (χ1) is 10.5. The number of nitrogens with two attached hydrogens (primary N) is 1. The van der Waals surface area contributed by atoms with E-state index in [-0.39, 0.29) is 22.6 Å². The van der Waals surface area contributed by atoms with E-state index in [1.807, 2.05) is 0 Å². The maximum atomic E-state index is 12.4. The standard InChI is InChI=1S/C13H13ClF2N4O2/c1-21-8-3-2-7(4-9(8)22-12(15)16)6-18-11-5-10(14)19-13(17)20-11/h2-5,12H,6H2,1H3,(H3,17,18,19,20). The van der Waals surface area contributed by atoms with Crippen LogP contribution >= 0.6 is 11.6 Å². The van der Waals surface area contributed by atoms with Crippen LogP contribution in [0.5, 0.6) is 11.5 Å². The predicted molar refractivity (Wildman–Crippen MR) is 78.4 cm³/mol. The first-order valence-corrected chi connectivity index (χ1v) is 6.51. The molecule has 1 aromatic carbocycles. The molecule has 0 saturated heterocycles. The van der Waals surface area contributed by atoms with E-state index in [4.69, 9.17) is 22.1 Å². The Labute approximate surface area is 130 Å². The minimum atomic E-state index is -2.93. The number of nitrogens with zero attached hydrogens (tertiary/aromatic N) is 2. The zero-order chi connectivity index (χ0) is 16.1. The molecule has 0 bridgehead atoms. The van der Waals surface area contributed by atoms with Gasteiger partial charge in [-0.3, -0.25) is 0 Å². The Kier molecular flexibility index (Phi) is 5.16. The smallest absolute Gasteiger partial charge is 0.387 e. The van der Waals surface area contributed by atoms with Gasteiger partial charge in [0.15, 0.2) is 11.5 Å². The summed E-state index contributed by atoms with van der Waals surface area (Å²) < 4.78 is 34.1. The second kappa shape index (κ2) is 7.08. The minimum absolute atomic E-state index is 0.0338. The molecule has 1 aromatic heterocycles. The van der Waals surface area contributed by atoms with E-state index < -0.39 is 6.61 Å². The lowest BCUT2D eigenvalue weighted by molar-refractivity contribution is -0.0512. The van der Waals surface area contributed by atoms with Crippen molar-refractivity contribution in [1.29, 1.82) is 0 Å². The zero-order valence-electron chi connectivity index (χ0n) is 11.5. The molecule has 2 rings (SSSR count). The van der Waals surface area contributed by atoms with Crippen molar-refractivity contribution in [2.75, 3.05) is 18.2 Å². The highest BCUT2D eigenvalue weighted by Crippen LogP contribution is 2.29. The number of halogens is 3. The van der Waals surface area contributed by atoms with E-state index in [9.17, 15) is 8.78 Å². The second-order valence-corrected chi connectivity index (χ2v) is 4.54. The second-order valence-electron chi connectivity index (χ2n) is 4.15. The molecule has 0 radical (unpaired) electrons. The Bertz CT molecular complexity index is 638. The third-order valence-corrected chi connectivity index (χ3v) is 2.82. The molecule has 0 spiro atoms. The van der Waals surface area contributed by atoms with Gasteiger partial charge >= 0.3 is 6.61 Å². The first kappa shape index (κ1) is 16.0. The summed E-state index contributed by atoms with van der Waals surface area (Å²) in [6, 6.07) is 6.19. The Morgan fingerprint density at radius 2 is 2.05 bits per heavy atom. The van der Waals surface area contributed by atoms with Gasteiger partial charge in [0, 0.05) is 12.6 Å². The first-order valence-electron chi connectivity index (χ1n) is 6.13. The Hall–Kier alpha value is -2.35. The van der Waals surface area contributed by atoms with Crippen LogP contribution in [0.2, 0.25) is 5.15 Å². The van der Waals surface area contributed by atoms with Gasteiger partial charge < -0.3 is 20.5 Å². The molecule has 0 aliphatic rings. The van der Waals surface area contributed by atoms with Crippen molar-refractivity contribution in [3.8, 4) is 11.5 Å². The highest BCUT2D eigenvalue weighted by atomic mass is 35.5. The number of alkyl halides is 2. The summed E-state index contributed by atoms with van der Waals surface area (Å²) in [5, 5.41) is 3.16. The molecule has 0 unspecified atom stereocenters. The molecule has 118 valence electrons. The van der Waals surface area contributed by atoms with E-state index in [0.29, 0.717) is 17.9 Å². The van der Waals surface area contributed by atoms with Crippen LogP contribution in [0, 0.1) is 0 Å². The van der Waals surface area contributed by atoms with Crippen LogP contribution in [0.25, 0.3) is 0 Å². The quantitative estimate of drug-likeness (QED) is 0.792. The average Bonchev–Trinajstić information content (AvgIpc) is 2.44. The molecule has 0 saturated carbocycles. The van der Waals surface area contributed by atoms with Crippen molar-refractivity contribution in [2.24, 2.45) is 0 Å². The number of hydrogen-bond donors (Lipinski definition) is 2. The molecule has 1 heterocycles. The van der Waals surface area contributed by atoms with Crippen molar-refractivity contribution < 1.29 is 18.3 Å². The van der Waals surface area contributed by atoms with Crippen molar-refractivity contribution in [2.45, 2.75) is 13.2 Å². The fourth-order valence-electron chi connectivity index (χ4n) is 1.74. The summed E-state index contributed by atoms with van der Waals surface area (Å²) in [4.78, 5) is 7.68. The molecular weight excluding hydrogens is 318 g/mol. The third-order valence-electron chi connectivity index (χ3n) is 2.63. The number of nitrogens with one attached hydrogen (secondary N) is 1. The van der Waals surface area contributed by atoms with Gasteiger partial charge in [-0.1, -0.05) is 17.7 Å². The fraction of sp³-hybridized carbons (Fsp3) is 0.231. The Morgan fingerprint density at radius 3 is 2.68 bits per heavy atom. The monoisotopic (exact) mass is 330 g/mol. The topological polar surface area (TPSA) is 82.3 Å². The number of anilines is 2. The van der Waals surface area contributed by atoms with E-state index in [0.717, 1.165) is 0 Å². The minimum Gasteiger partial charge on any atom is -0.493 e. The molecule has 6 nitrogen and oxygen atoms in total. The fourth-order valence-corrected chi connectivity index (χ4v) is 1.93. The van der Waals surface area contributed by atoms with Crippen LogP contribution in [-0.2, 0) is 6.54 Å². The summed E-state index contributed by atoms with van der Waals surface area (Å²) in [5.74, 6) is 0.631. The van der Waals surface area contributed by atoms with Gasteiger partial charge in [-0.15, -0.1) is 0 Å². The summed E-state index contributed by atoms with van der Waals surface area (Å²) >= 11 is 5.76. The number of rotatable bonds is 6. The summed E-state index contributed by atoms with van der Waals surface area (Å²) in [6.45, 7) is -2.63. The maximum Gasteiger partial charge on any atom is 0.387 e. The average molecular weight is 331 g/mol. The lowest BCUT2D eigenvalue weighted by Gasteiger charge is -2.12. The van der Waals surface area contributed by atoms with Gasteiger partial charge in [0.1, 0.15) is 11.0 Å². The zero-order valence-corrected chi connectivity index (χ0v) is 12.3. The molecule has 9 heteroatoms. The molecule has 0 atom stereocenters. The van der Waals surface area contributed by atoms with Gasteiger partial charge in [-0.2, -0.15) is 13.8 Å². The van der Waals surface area contributed by atoms with Gasteiger partial charge in [-0.05, 0) is 17.7 Å². The molecule has 2 aromatic rings. The normalized spacial score (nSPS) is 10.6. The summed E-state index contributed by atoms with van der Waals surface area (Å²) in [5.41, 5.74) is 6.16. The summed E-state index contributed by atoms with van der Waals surface area (Å²) in [7, 11) is 1.37. The summed E-state index contributed by atoms with van der Waals surface area (Å²) in [6.07, 6.45) is 0. The molecule has 22 heavy (non-hydrogen) atoms. The van der Waals surface area contributed by atoms with E-state index in [1.54, 1.807) is 6.07 Å². The van der Waals surface area contributed by atoms with Crippen molar-refractivity contribution in [3.05, 3.63) is 35.0 Å². The molecular formula is C13H13ClF2N4O2. The molecule has 0 amide bonds.